The van der Waals surface area contributed by atoms with Gasteiger partial charge in [-0.1, -0.05) is 0 Å². The Morgan fingerprint density at radius 3 is 2.88 bits per heavy atom. The van der Waals surface area contributed by atoms with Crippen LogP contribution in [-0.2, 0) is 25.8 Å². The van der Waals surface area contributed by atoms with Crippen LogP contribution in [0.5, 0.6) is 0 Å². The summed E-state index contributed by atoms with van der Waals surface area (Å²) in [6, 6.07) is 4.10. The number of guanidine groups is 1. The quantitative estimate of drug-likeness (QED) is 0.433. The van der Waals surface area contributed by atoms with Crippen LogP contribution in [0, 0.1) is 0 Å². The van der Waals surface area contributed by atoms with Crippen molar-refractivity contribution in [2.24, 2.45) is 4.99 Å². The Morgan fingerprint density at radius 2 is 2.08 bits per heavy atom. The van der Waals surface area contributed by atoms with Crippen LogP contribution in [-0.4, -0.2) is 35.1 Å². The molecule has 2 N–H and O–H groups in total. The van der Waals surface area contributed by atoms with Gasteiger partial charge in [0.15, 0.2) is 5.96 Å². The first-order valence-electron chi connectivity index (χ1n) is 9.45. The second kappa shape index (κ2) is 9.61. The average molecular weight is 360 g/mol. The third-order valence-electron chi connectivity index (χ3n) is 4.38. The molecule has 0 fully saturated rings. The number of nitrogens with one attached hydrogen (secondary N) is 2. The first-order chi connectivity index (χ1) is 12.3. The van der Waals surface area contributed by atoms with Gasteiger partial charge in [0.2, 0.25) is 0 Å². The summed E-state index contributed by atoms with van der Waals surface area (Å²) in [4.78, 5) is 11.0. The Kier molecular flexibility index (Phi) is 6.91. The summed E-state index contributed by atoms with van der Waals surface area (Å²) in [7, 11) is 0. The lowest BCUT2D eigenvalue weighted by atomic mass is 10.0. The van der Waals surface area contributed by atoms with Crippen LogP contribution in [0.25, 0.3) is 0 Å². The highest BCUT2D eigenvalue weighted by molar-refractivity contribution is 7.11. The van der Waals surface area contributed by atoms with Crippen LogP contribution in [0.4, 0.5) is 0 Å². The standard InChI is InChI=1S/C19H29N5S/c1-2-20-19(22-12-15-24-13-5-6-14-24)21-11-7-10-18-23-16-8-3-4-9-17(16)25-18/h5-6,13-14H,2-4,7-12,15H2,1H3,(H2,20,21,22). The SMILES string of the molecule is CCNC(=NCCCc1nc2c(s1)CCCC2)NCCn1cccc1. The molecule has 25 heavy (non-hydrogen) atoms. The molecule has 6 heteroatoms. The Balaban J connectivity index is 1.40. The van der Waals surface area contributed by atoms with Gasteiger partial charge in [-0.2, -0.15) is 0 Å². The van der Waals surface area contributed by atoms with Gasteiger partial charge in [0.05, 0.1) is 10.7 Å². The molecule has 0 saturated heterocycles. The summed E-state index contributed by atoms with van der Waals surface area (Å²) in [5.74, 6) is 0.910. The van der Waals surface area contributed by atoms with E-state index in [9.17, 15) is 0 Å². The zero-order valence-corrected chi connectivity index (χ0v) is 15.9. The second-order valence-corrected chi connectivity index (χ2v) is 7.56. The molecule has 0 saturated carbocycles. The maximum absolute atomic E-state index is 4.82. The van der Waals surface area contributed by atoms with E-state index in [-0.39, 0.29) is 0 Å². The number of aliphatic imine (C=N–C) groups is 1. The molecule has 3 rings (SSSR count). The minimum absolute atomic E-state index is 0.836. The first-order valence-corrected chi connectivity index (χ1v) is 10.3. The van der Waals surface area contributed by atoms with E-state index in [0.717, 1.165) is 45.0 Å². The number of aromatic nitrogens is 2. The van der Waals surface area contributed by atoms with Crippen LogP contribution in [0.1, 0.15) is 41.8 Å². The van der Waals surface area contributed by atoms with E-state index in [0.29, 0.717) is 0 Å². The van der Waals surface area contributed by atoms with Gasteiger partial charge in [-0.3, -0.25) is 4.99 Å². The van der Waals surface area contributed by atoms with Crippen molar-refractivity contribution in [3.63, 3.8) is 0 Å². The van der Waals surface area contributed by atoms with Crippen molar-refractivity contribution < 1.29 is 0 Å². The number of aryl methyl sites for hydroxylation is 3. The van der Waals surface area contributed by atoms with Crippen molar-refractivity contribution in [3.05, 3.63) is 40.1 Å². The number of hydrogen-bond donors (Lipinski definition) is 2. The van der Waals surface area contributed by atoms with Gasteiger partial charge in [-0.25, -0.2) is 4.98 Å². The lowest BCUT2D eigenvalue weighted by Gasteiger charge is -2.11. The summed E-state index contributed by atoms with van der Waals surface area (Å²) in [6.07, 6.45) is 11.3. The minimum atomic E-state index is 0.836. The lowest BCUT2D eigenvalue weighted by Crippen LogP contribution is -2.38. The zero-order chi connectivity index (χ0) is 17.3. The largest absolute Gasteiger partial charge is 0.357 e. The number of fused-ring (bicyclic) bond motifs is 1. The summed E-state index contributed by atoms with van der Waals surface area (Å²) in [5.41, 5.74) is 1.37. The van der Waals surface area contributed by atoms with Crippen molar-refractivity contribution in [1.29, 1.82) is 0 Å². The normalized spacial score (nSPS) is 14.4. The zero-order valence-electron chi connectivity index (χ0n) is 15.1. The molecule has 0 unspecified atom stereocenters. The topological polar surface area (TPSA) is 54.2 Å². The predicted molar refractivity (Wildman–Crippen MR) is 105 cm³/mol. The fourth-order valence-corrected chi connectivity index (χ4v) is 4.30. The average Bonchev–Trinajstić information content (AvgIpc) is 3.27. The molecule has 0 atom stereocenters. The van der Waals surface area contributed by atoms with E-state index in [1.165, 1.54) is 41.3 Å². The van der Waals surface area contributed by atoms with E-state index in [2.05, 4.69) is 46.7 Å². The molecular weight excluding hydrogens is 330 g/mol. The molecule has 0 radical (unpaired) electrons. The Bertz CT molecular complexity index is 636. The van der Waals surface area contributed by atoms with Crippen LogP contribution in [0.3, 0.4) is 0 Å². The molecule has 5 nitrogen and oxygen atoms in total. The lowest BCUT2D eigenvalue weighted by molar-refractivity contribution is 0.664. The van der Waals surface area contributed by atoms with Gasteiger partial charge >= 0.3 is 0 Å². The number of nitrogens with zero attached hydrogens (tertiary/aromatic N) is 3. The maximum atomic E-state index is 4.82. The summed E-state index contributed by atoms with van der Waals surface area (Å²) < 4.78 is 2.17. The van der Waals surface area contributed by atoms with Gasteiger partial charge in [0, 0.05) is 49.9 Å². The molecule has 2 aromatic rings. The minimum Gasteiger partial charge on any atom is -0.357 e. The van der Waals surface area contributed by atoms with Gasteiger partial charge in [0.1, 0.15) is 0 Å². The van der Waals surface area contributed by atoms with Crippen LogP contribution in [0.15, 0.2) is 29.5 Å². The third-order valence-corrected chi connectivity index (χ3v) is 5.60. The molecule has 136 valence electrons. The van der Waals surface area contributed by atoms with E-state index >= 15 is 0 Å². The van der Waals surface area contributed by atoms with Crippen molar-refractivity contribution in [3.8, 4) is 0 Å². The summed E-state index contributed by atoms with van der Waals surface area (Å²) >= 11 is 1.92. The van der Waals surface area contributed by atoms with Crippen molar-refractivity contribution in [2.45, 2.75) is 52.0 Å². The number of rotatable bonds is 8. The van der Waals surface area contributed by atoms with Crippen LogP contribution >= 0.6 is 11.3 Å². The van der Waals surface area contributed by atoms with Crippen molar-refractivity contribution in [2.75, 3.05) is 19.6 Å². The van der Waals surface area contributed by atoms with Crippen LogP contribution in [0.2, 0.25) is 0 Å². The molecule has 1 aliphatic carbocycles. The molecule has 2 aromatic heterocycles. The molecule has 1 aliphatic rings. The summed E-state index contributed by atoms with van der Waals surface area (Å²) in [6.45, 7) is 5.64. The second-order valence-electron chi connectivity index (χ2n) is 6.40. The molecular formula is C19H29N5S. The molecule has 0 aliphatic heterocycles. The molecule has 0 bridgehead atoms. The third kappa shape index (κ3) is 5.59. The van der Waals surface area contributed by atoms with Crippen molar-refractivity contribution in [1.82, 2.24) is 20.2 Å². The highest BCUT2D eigenvalue weighted by atomic mass is 32.1. The van der Waals surface area contributed by atoms with E-state index in [1.807, 2.05) is 11.3 Å². The van der Waals surface area contributed by atoms with E-state index < -0.39 is 0 Å². The van der Waals surface area contributed by atoms with Crippen molar-refractivity contribution >= 4 is 17.3 Å². The highest BCUT2D eigenvalue weighted by Gasteiger charge is 2.14. The van der Waals surface area contributed by atoms with Crippen LogP contribution < -0.4 is 10.6 Å². The van der Waals surface area contributed by atoms with Gasteiger partial charge in [-0.15, -0.1) is 11.3 Å². The first kappa shape index (κ1) is 18.0. The number of hydrogen-bond acceptors (Lipinski definition) is 3. The smallest absolute Gasteiger partial charge is 0.191 e. The Morgan fingerprint density at radius 1 is 1.24 bits per heavy atom. The summed E-state index contributed by atoms with van der Waals surface area (Å²) in [5, 5.41) is 8.02. The van der Waals surface area contributed by atoms with Gasteiger partial charge in [0.25, 0.3) is 0 Å². The van der Waals surface area contributed by atoms with E-state index in [4.69, 9.17) is 9.98 Å². The Hall–Kier alpha value is -1.82. The van der Waals surface area contributed by atoms with E-state index in [1.54, 1.807) is 0 Å². The number of thiazole rings is 1. The maximum Gasteiger partial charge on any atom is 0.191 e. The molecule has 0 spiro atoms. The molecule has 2 heterocycles. The Labute approximate surface area is 154 Å². The predicted octanol–water partition coefficient (Wildman–Crippen LogP) is 3.01. The molecule has 0 amide bonds. The highest BCUT2D eigenvalue weighted by Crippen LogP contribution is 2.27. The van der Waals surface area contributed by atoms with Gasteiger partial charge in [-0.05, 0) is 51.2 Å². The van der Waals surface area contributed by atoms with Gasteiger partial charge < -0.3 is 15.2 Å². The molecule has 0 aromatic carbocycles. The fraction of sp³-hybridized carbons (Fsp3) is 0.579. The fourth-order valence-electron chi connectivity index (χ4n) is 3.10. The monoisotopic (exact) mass is 359 g/mol.